The van der Waals surface area contributed by atoms with E-state index in [1.165, 1.54) is 0 Å². The van der Waals surface area contributed by atoms with Gasteiger partial charge in [-0.1, -0.05) is 13.3 Å². The van der Waals surface area contributed by atoms with Gasteiger partial charge in [-0.25, -0.2) is 0 Å². The first-order valence-corrected chi connectivity index (χ1v) is 6.84. The highest BCUT2D eigenvalue weighted by atomic mass is 16.4. The maximum Gasteiger partial charge on any atom is 0.287 e. The van der Waals surface area contributed by atoms with Crippen molar-refractivity contribution in [2.45, 2.75) is 47.1 Å². The Bertz CT molecular complexity index is 595. The van der Waals surface area contributed by atoms with Crippen LogP contribution in [0.2, 0.25) is 0 Å². The lowest BCUT2D eigenvalue weighted by Gasteiger charge is -2.03. The van der Waals surface area contributed by atoms with E-state index in [-0.39, 0.29) is 5.91 Å². The van der Waals surface area contributed by atoms with Crippen molar-refractivity contribution in [3.05, 3.63) is 17.0 Å². The molecule has 5 heteroatoms. The fourth-order valence-corrected chi connectivity index (χ4v) is 2.29. The van der Waals surface area contributed by atoms with Crippen molar-refractivity contribution in [3.8, 4) is 0 Å². The Balaban J connectivity index is 2.30. The molecular formula is C14H21N3O2. The molecule has 19 heavy (non-hydrogen) atoms. The summed E-state index contributed by atoms with van der Waals surface area (Å²) in [5.41, 5.74) is 2.48. The first-order chi connectivity index (χ1) is 9.10. The molecule has 0 saturated heterocycles. The second-order valence-corrected chi connectivity index (χ2v) is 4.75. The molecule has 0 unspecified atom stereocenters. The summed E-state index contributed by atoms with van der Waals surface area (Å²) < 4.78 is 7.50. The van der Waals surface area contributed by atoms with Gasteiger partial charge in [0.05, 0.1) is 5.39 Å². The van der Waals surface area contributed by atoms with E-state index < -0.39 is 0 Å². The van der Waals surface area contributed by atoms with Crippen LogP contribution in [0.5, 0.6) is 0 Å². The van der Waals surface area contributed by atoms with Gasteiger partial charge in [-0.3, -0.25) is 9.48 Å². The highest BCUT2D eigenvalue weighted by Gasteiger charge is 2.21. The molecule has 2 heterocycles. The average Bonchev–Trinajstić information content (AvgIpc) is 2.88. The Hall–Kier alpha value is -1.78. The lowest BCUT2D eigenvalue weighted by Crippen LogP contribution is -2.24. The number of aryl methyl sites for hydroxylation is 3. The summed E-state index contributed by atoms with van der Waals surface area (Å²) in [7, 11) is 0. The second-order valence-electron chi connectivity index (χ2n) is 4.75. The normalized spacial score (nSPS) is 11.2. The summed E-state index contributed by atoms with van der Waals surface area (Å²) in [5.74, 6) is 0.242. The molecule has 2 aromatic rings. The van der Waals surface area contributed by atoms with Gasteiger partial charge < -0.3 is 9.73 Å². The Morgan fingerprint density at radius 1 is 1.37 bits per heavy atom. The number of fused-ring (bicyclic) bond motifs is 1. The van der Waals surface area contributed by atoms with E-state index in [4.69, 9.17) is 4.42 Å². The van der Waals surface area contributed by atoms with Crippen LogP contribution in [0.3, 0.4) is 0 Å². The van der Waals surface area contributed by atoms with Gasteiger partial charge in [-0.15, -0.1) is 5.10 Å². The van der Waals surface area contributed by atoms with Crippen LogP contribution in [0.25, 0.3) is 11.1 Å². The molecule has 1 amide bonds. The number of nitrogens with zero attached hydrogens (tertiary/aromatic N) is 2. The van der Waals surface area contributed by atoms with Crippen LogP contribution in [0.15, 0.2) is 4.42 Å². The predicted octanol–water partition coefficient (Wildman–Crippen LogP) is 2.80. The number of carbonyl (C=O) groups is 1. The van der Waals surface area contributed by atoms with Crippen molar-refractivity contribution in [2.75, 3.05) is 6.54 Å². The maximum absolute atomic E-state index is 12.0. The van der Waals surface area contributed by atoms with Crippen molar-refractivity contribution in [1.82, 2.24) is 15.1 Å². The summed E-state index contributed by atoms with van der Waals surface area (Å²) in [4.78, 5) is 12.0. The predicted molar refractivity (Wildman–Crippen MR) is 74.4 cm³/mol. The second kappa shape index (κ2) is 5.47. The third kappa shape index (κ3) is 2.37. The molecule has 2 rings (SSSR count). The minimum atomic E-state index is -0.147. The van der Waals surface area contributed by atoms with Crippen molar-refractivity contribution in [1.29, 1.82) is 0 Å². The van der Waals surface area contributed by atoms with Crippen LogP contribution < -0.4 is 5.32 Å². The maximum atomic E-state index is 12.0. The minimum absolute atomic E-state index is 0.147. The summed E-state index contributed by atoms with van der Waals surface area (Å²) in [6.45, 7) is 9.52. The molecule has 0 aliphatic rings. The number of amides is 1. The quantitative estimate of drug-likeness (QED) is 0.844. The number of furan rings is 1. The van der Waals surface area contributed by atoms with Gasteiger partial charge in [-0.2, -0.15) is 0 Å². The van der Waals surface area contributed by atoms with Crippen LogP contribution in [-0.2, 0) is 6.54 Å². The Morgan fingerprint density at radius 3 is 2.68 bits per heavy atom. The van der Waals surface area contributed by atoms with Crippen LogP contribution in [0.1, 0.15) is 48.5 Å². The van der Waals surface area contributed by atoms with Crippen LogP contribution in [0, 0.1) is 13.8 Å². The van der Waals surface area contributed by atoms with E-state index in [1.54, 1.807) is 0 Å². The topological polar surface area (TPSA) is 60.1 Å². The molecule has 0 aliphatic heterocycles. The van der Waals surface area contributed by atoms with E-state index in [9.17, 15) is 4.79 Å². The fraction of sp³-hybridized carbons (Fsp3) is 0.571. The molecule has 104 valence electrons. The van der Waals surface area contributed by atoms with Gasteiger partial charge in [0.2, 0.25) is 5.71 Å². The molecule has 0 bridgehead atoms. The lowest BCUT2D eigenvalue weighted by molar-refractivity contribution is 0.0926. The molecular weight excluding hydrogens is 242 g/mol. The van der Waals surface area contributed by atoms with Gasteiger partial charge in [0, 0.05) is 24.3 Å². The third-order valence-corrected chi connectivity index (χ3v) is 3.41. The molecule has 0 atom stereocenters. The monoisotopic (exact) mass is 263 g/mol. The highest BCUT2D eigenvalue weighted by molar-refractivity contribution is 5.98. The summed E-state index contributed by atoms with van der Waals surface area (Å²) in [6, 6.07) is 0. The van der Waals surface area contributed by atoms with E-state index in [2.05, 4.69) is 17.3 Å². The largest absolute Gasteiger partial charge is 0.431 e. The third-order valence-electron chi connectivity index (χ3n) is 3.41. The molecule has 0 aromatic carbocycles. The zero-order chi connectivity index (χ0) is 14.0. The van der Waals surface area contributed by atoms with Crippen LogP contribution in [0.4, 0.5) is 0 Å². The molecule has 2 aromatic heterocycles. The average molecular weight is 263 g/mol. The van der Waals surface area contributed by atoms with Crippen molar-refractivity contribution in [2.24, 2.45) is 0 Å². The van der Waals surface area contributed by atoms with Gasteiger partial charge in [-0.05, 0) is 27.2 Å². The van der Waals surface area contributed by atoms with Gasteiger partial charge in [0.25, 0.3) is 5.91 Å². The Kier molecular flexibility index (Phi) is 3.93. The molecule has 1 N–H and O–H groups in total. The molecule has 0 spiro atoms. The SMILES string of the molecule is CCCCNC(=O)c1oc2nn(CC)c(C)c2c1C. The van der Waals surface area contributed by atoms with E-state index in [1.807, 2.05) is 25.5 Å². The van der Waals surface area contributed by atoms with Crippen molar-refractivity contribution in [3.63, 3.8) is 0 Å². The number of nitrogens with one attached hydrogen (secondary N) is 1. The van der Waals surface area contributed by atoms with Gasteiger partial charge >= 0.3 is 0 Å². The molecule has 0 saturated carbocycles. The smallest absolute Gasteiger partial charge is 0.287 e. The molecule has 5 nitrogen and oxygen atoms in total. The zero-order valence-electron chi connectivity index (χ0n) is 12.0. The van der Waals surface area contributed by atoms with Gasteiger partial charge in [0.1, 0.15) is 0 Å². The number of unbranched alkanes of at least 4 members (excludes halogenated alkanes) is 1. The minimum Gasteiger partial charge on any atom is -0.431 e. The van der Waals surface area contributed by atoms with Crippen molar-refractivity contribution >= 4 is 17.0 Å². The van der Waals surface area contributed by atoms with E-state index in [0.29, 0.717) is 18.0 Å². The zero-order valence-corrected chi connectivity index (χ0v) is 12.0. The number of hydrogen-bond acceptors (Lipinski definition) is 3. The Labute approximate surface area is 113 Å². The first kappa shape index (κ1) is 13.6. The van der Waals surface area contributed by atoms with Gasteiger partial charge in [0.15, 0.2) is 5.76 Å². The number of aromatic nitrogens is 2. The first-order valence-electron chi connectivity index (χ1n) is 6.84. The number of hydrogen-bond donors (Lipinski definition) is 1. The summed E-state index contributed by atoms with van der Waals surface area (Å²) >= 11 is 0. The number of rotatable bonds is 5. The molecule has 0 fully saturated rings. The van der Waals surface area contributed by atoms with Crippen molar-refractivity contribution < 1.29 is 9.21 Å². The summed E-state index contributed by atoms with van der Waals surface area (Å²) in [6.07, 6.45) is 2.03. The molecule has 0 aliphatic carbocycles. The summed E-state index contributed by atoms with van der Waals surface area (Å²) in [5, 5.41) is 8.19. The van der Waals surface area contributed by atoms with Crippen LogP contribution in [-0.4, -0.2) is 22.2 Å². The fourth-order valence-electron chi connectivity index (χ4n) is 2.29. The van der Waals surface area contributed by atoms with Crippen LogP contribution >= 0.6 is 0 Å². The lowest BCUT2D eigenvalue weighted by atomic mass is 10.1. The Morgan fingerprint density at radius 2 is 2.11 bits per heavy atom. The molecule has 0 radical (unpaired) electrons. The van der Waals surface area contributed by atoms with E-state index in [0.717, 1.165) is 36.0 Å². The number of carbonyl (C=O) groups excluding carboxylic acids is 1. The highest BCUT2D eigenvalue weighted by Crippen LogP contribution is 2.27. The standard InChI is InChI=1S/C14H21N3O2/c1-5-7-8-15-13(18)12-9(3)11-10(4)17(6-2)16-14(11)19-12/h5-8H2,1-4H3,(H,15,18). The van der Waals surface area contributed by atoms with E-state index >= 15 is 0 Å².